The van der Waals surface area contributed by atoms with Crippen LogP contribution in [0, 0.1) is 0 Å². The van der Waals surface area contributed by atoms with E-state index in [9.17, 15) is 4.79 Å². The van der Waals surface area contributed by atoms with Crippen molar-refractivity contribution in [2.24, 2.45) is 5.73 Å². The number of likely N-dealkylation sites (tertiary alicyclic amines) is 1. The summed E-state index contributed by atoms with van der Waals surface area (Å²) in [6.07, 6.45) is 3.36. The molecule has 1 atom stereocenters. The molecule has 23 heavy (non-hydrogen) atoms. The van der Waals surface area contributed by atoms with Crippen LogP contribution in [0.4, 0.5) is 0 Å². The second-order valence-electron chi connectivity index (χ2n) is 6.80. The normalized spacial score (nSPS) is 25.0. The van der Waals surface area contributed by atoms with Crippen molar-refractivity contribution in [2.45, 2.75) is 43.8 Å². The Balaban J connectivity index is 1.53. The summed E-state index contributed by atoms with van der Waals surface area (Å²) in [5.41, 5.74) is 6.84. The number of hydrogen-bond donors (Lipinski definition) is 2. The Kier molecular flexibility index (Phi) is 5.30. The first-order valence-electron chi connectivity index (χ1n) is 8.60. The molecule has 1 aromatic carbocycles. The van der Waals surface area contributed by atoms with Gasteiger partial charge in [0.2, 0.25) is 5.91 Å². The van der Waals surface area contributed by atoms with Crippen LogP contribution in [0.15, 0.2) is 30.3 Å². The summed E-state index contributed by atoms with van der Waals surface area (Å²) in [7, 11) is 0. The Bertz CT molecular complexity index is 514. The van der Waals surface area contributed by atoms with E-state index < -0.39 is 5.54 Å². The topological polar surface area (TPSA) is 67.6 Å². The molecule has 2 fully saturated rings. The Morgan fingerprint density at radius 1 is 1.30 bits per heavy atom. The molecule has 1 amide bonds. The number of carbonyl (C=O) groups is 1. The lowest BCUT2D eigenvalue weighted by molar-refractivity contribution is -0.130. The number of nitrogens with zero attached hydrogens (tertiary/aromatic N) is 1. The fraction of sp³-hybridized carbons (Fsp3) is 0.611. The van der Waals surface area contributed by atoms with Gasteiger partial charge in [-0.15, -0.1) is 0 Å². The molecule has 0 spiro atoms. The zero-order valence-electron chi connectivity index (χ0n) is 13.7. The molecular weight excluding hydrogens is 290 g/mol. The first-order chi connectivity index (χ1) is 11.2. The number of rotatable bonds is 4. The molecule has 0 radical (unpaired) electrons. The zero-order chi connectivity index (χ0) is 16.1. The van der Waals surface area contributed by atoms with Crippen LogP contribution < -0.4 is 11.1 Å². The van der Waals surface area contributed by atoms with Crippen molar-refractivity contribution in [3.05, 3.63) is 35.9 Å². The first kappa shape index (κ1) is 16.4. The molecule has 2 aliphatic heterocycles. The maximum atomic E-state index is 12.5. The molecule has 2 heterocycles. The van der Waals surface area contributed by atoms with Crippen LogP contribution in [0.1, 0.15) is 31.2 Å². The van der Waals surface area contributed by atoms with Crippen LogP contribution in [-0.2, 0) is 16.1 Å². The molecule has 126 valence electrons. The average molecular weight is 317 g/mol. The second-order valence-corrected chi connectivity index (χ2v) is 6.80. The second kappa shape index (κ2) is 7.43. The minimum Gasteiger partial charge on any atom is -0.381 e. The van der Waals surface area contributed by atoms with E-state index >= 15 is 0 Å². The van der Waals surface area contributed by atoms with Gasteiger partial charge in [0.15, 0.2) is 0 Å². The minimum atomic E-state index is -0.750. The minimum absolute atomic E-state index is 0.00707. The van der Waals surface area contributed by atoms with Gasteiger partial charge in [-0.05, 0) is 37.8 Å². The summed E-state index contributed by atoms with van der Waals surface area (Å²) in [5, 5.41) is 3.18. The maximum absolute atomic E-state index is 12.5. The third kappa shape index (κ3) is 4.31. The van der Waals surface area contributed by atoms with Gasteiger partial charge in [-0.2, -0.15) is 0 Å². The lowest BCUT2D eigenvalue weighted by Gasteiger charge is -2.37. The number of nitrogens with one attached hydrogen (secondary N) is 1. The SMILES string of the molecule is NC1(C(=O)NC2CCCN(Cc3ccccc3)C2)CCOCC1. The van der Waals surface area contributed by atoms with E-state index in [1.807, 2.05) is 6.07 Å². The van der Waals surface area contributed by atoms with Gasteiger partial charge in [0.1, 0.15) is 0 Å². The average Bonchev–Trinajstić information content (AvgIpc) is 2.57. The van der Waals surface area contributed by atoms with Gasteiger partial charge >= 0.3 is 0 Å². The van der Waals surface area contributed by atoms with Crippen molar-refractivity contribution in [2.75, 3.05) is 26.3 Å². The van der Waals surface area contributed by atoms with Crippen LogP contribution >= 0.6 is 0 Å². The van der Waals surface area contributed by atoms with E-state index in [4.69, 9.17) is 10.5 Å². The highest BCUT2D eigenvalue weighted by molar-refractivity contribution is 5.86. The molecular formula is C18H27N3O2. The predicted molar refractivity (Wildman–Crippen MR) is 89.9 cm³/mol. The molecule has 0 saturated carbocycles. The largest absolute Gasteiger partial charge is 0.381 e. The van der Waals surface area contributed by atoms with Gasteiger partial charge in [-0.1, -0.05) is 30.3 Å². The highest BCUT2D eigenvalue weighted by atomic mass is 16.5. The first-order valence-corrected chi connectivity index (χ1v) is 8.60. The molecule has 0 bridgehead atoms. The lowest BCUT2D eigenvalue weighted by Crippen LogP contribution is -2.60. The molecule has 3 N–H and O–H groups in total. The number of piperidine rings is 1. The molecule has 1 unspecified atom stereocenters. The summed E-state index contributed by atoms with van der Waals surface area (Å²) < 4.78 is 5.32. The van der Waals surface area contributed by atoms with Gasteiger partial charge in [0.05, 0.1) is 5.54 Å². The lowest BCUT2D eigenvalue weighted by atomic mass is 9.89. The quantitative estimate of drug-likeness (QED) is 0.878. The van der Waals surface area contributed by atoms with Crippen LogP contribution in [0.2, 0.25) is 0 Å². The van der Waals surface area contributed by atoms with Crippen molar-refractivity contribution in [3.63, 3.8) is 0 Å². The van der Waals surface area contributed by atoms with Gasteiger partial charge < -0.3 is 15.8 Å². The molecule has 1 aromatic rings. The maximum Gasteiger partial charge on any atom is 0.240 e. The van der Waals surface area contributed by atoms with Crippen molar-refractivity contribution >= 4 is 5.91 Å². The predicted octanol–water partition coefficient (Wildman–Crippen LogP) is 1.28. The Hall–Kier alpha value is -1.43. The summed E-state index contributed by atoms with van der Waals surface area (Å²) in [5.74, 6) is -0.00707. The van der Waals surface area contributed by atoms with Gasteiger partial charge in [0, 0.05) is 32.3 Å². The van der Waals surface area contributed by atoms with Crippen molar-refractivity contribution in [1.29, 1.82) is 0 Å². The van der Waals surface area contributed by atoms with Crippen LogP contribution in [-0.4, -0.2) is 48.7 Å². The van der Waals surface area contributed by atoms with Crippen LogP contribution in [0.25, 0.3) is 0 Å². The number of carbonyl (C=O) groups excluding carboxylic acids is 1. The summed E-state index contributed by atoms with van der Waals surface area (Å²) >= 11 is 0. The van der Waals surface area contributed by atoms with Crippen LogP contribution in [0.5, 0.6) is 0 Å². The summed E-state index contributed by atoms with van der Waals surface area (Å²) in [4.78, 5) is 15.0. The monoisotopic (exact) mass is 317 g/mol. The van der Waals surface area contributed by atoms with Crippen molar-refractivity contribution in [1.82, 2.24) is 10.2 Å². The fourth-order valence-corrected chi connectivity index (χ4v) is 3.45. The van der Waals surface area contributed by atoms with E-state index in [-0.39, 0.29) is 11.9 Å². The number of ether oxygens (including phenoxy) is 1. The van der Waals surface area contributed by atoms with E-state index in [1.54, 1.807) is 0 Å². The van der Waals surface area contributed by atoms with Crippen molar-refractivity contribution < 1.29 is 9.53 Å². The van der Waals surface area contributed by atoms with Crippen LogP contribution in [0.3, 0.4) is 0 Å². The third-order valence-electron chi connectivity index (χ3n) is 4.93. The Morgan fingerprint density at radius 2 is 2.04 bits per heavy atom. The Labute approximate surface area is 138 Å². The van der Waals surface area contributed by atoms with Gasteiger partial charge in [0.25, 0.3) is 0 Å². The molecule has 0 aromatic heterocycles. The number of benzene rings is 1. The smallest absolute Gasteiger partial charge is 0.240 e. The number of amides is 1. The number of nitrogens with two attached hydrogens (primary N) is 1. The van der Waals surface area contributed by atoms with E-state index in [0.717, 1.165) is 32.5 Å². The fourth-order valence-electron chi connectivity index (χ4n) is 3.45. The van der Waals surface area contributed by atoms with Crippen molar-refractivity contribution in [3.8, 4) is 0 Å². The highest BCUT2D eigenvalue weighted by Gasteiger charge is 2.37. The van der Waals surface area contributed by atoms with Gasteiger partial charge in [-0.25, -0.2) is 0 Å². The molecule has 3 rings (SSSR count). The molecule has 5 heteroatoms. The van der Waals surface area contributed by atoms with Gasteiger partial charge in [-0.3, -0.25) is 9.69 Å². The number of hydrogen-bond acceptors (Lipinski definition) is 4. The summed E-state index contributed by atoms with van der Waals surface area (Å²) in [6.45, 7) is 4.08. The molecule has 5 nitrogen and oxygen atoms in total. The Morgan fingerprint density at radius 3 is 2.78 bits per heavy atom. The van der Waals surface area contributed by atoms with E-state index in [1.165, 1.54) is 5.56 Å². The standard InChI is InChI=1S/C18H27N3O2/c19-18(8-11-23-12-9-18)17(22)20-16-7-4-10-21(14-16)13-15-5-2-1-3-6-15/h1-3,5-6,16H,4,7-14,19H2,(H,20,22). The third-order valence-corrected chi connectivity index (χ3v) is 4.93. The highest BCUT2D eigenvalue weighted by Crippen LogP contribution is 2.19. The molecule has 0 aliphatic carbocycles. The summed E-state index contributed by atoms with van der Waals surface area (Å²) in [6, 6.07) is 10.7. The van der Waals surface area contributed by atoms with E-state index in [0.29, 0.717) is 26.1 Å². The molecule has 2 aliphatic rings. The zero-order valence-corrected chi connectivity index (χ0v) is 13.7. The van der Waals surface area contributed by atoms with E-state index in [2.05, 4.69) is 34.5 Å². The molecule has 2 saturated heterocycles.